The summed E-state index contributed by atoms with van der Waals surface area (Å²) in [7, 11) is 0. The molecule has 0 saturated heterocycles. The van der Waals surface area contributed by atoms with E-state index in [2.05, 4.69) is 0 Å². The van der Waals surface area contributed by atoms with Gasteiger partial charge < -0.3 is 9.52 Å². The highest BCUT2D eigenvalue weighted by Crippen LogP contribution is 2.29. The molecular formula is C24H18O4. The van der Waals surface area contributed by atoms with Gasteiger partial charge in [-0.15, -0.1) is 0 Å². The van der Waals surface area contributed by atoms with Crippen LogP contribution >= 0.6 is 0 Å². The van der Waals surface area contributed by atoms with Crippen molar-refractivity contribution in [2.24, 2.45) is 0 Å². The molecule has 0 bridgehead atoms. The summed E-state index contributed by atoms with van der Waals surface area (Å²) in [5.41, 5.74) is 2.94. The number of aromatic hydroxyl groups is 1. The number of aryl methyl sites for hydroxylation is 2. The number of carbonyl (C=O) groups is 1. The molecule has 0 amide bonds. The van der Waals surface area contributed by atoms with Gasteiger partial charge in [0, 0.05) is 17.2 Å². The second kappa shape index (κ2) is 6.82. The summed E-state index contributed by atoms with van der Waals surface area (Å²) in [6, 6.07) is 18.8. The average Bonchev–Trinajstić information content (AvgIpc) is 2.68. The Labute approximate surface area is 161 Å². The SMILES string of the molecule is Cc1ccc(C(=O)c2c(-c3ccc(C)cc3)oc3cc(O)ccc3c2=O)cc1. The van der Waals surface area contributed by atoms with Crippen molar-refractivity contribution < 1.29 is 14.3 Å². The number of carbonyl (C=O) groups excluding carboxylic acids is 1. The zero-order valence-corrected chi connectivity index (χ0v) is 15.5. The van der Waals surface area contributed by atoms with Crippen molar-refractivity contribution in [3.8, 4) is 17.1 Å². The monoisotopic (exact) mass is 370 g/mol. The number of hydrogen-bond donors (Lipinski definition) is 1. The van der Waals surface area contributed by atoms with Gasteiger partial charge in [0.05, 0.1) is 5.39 Å². The molecule has 4 heteroatoms. The molecule has 0 radical (unpaired) electrons. The number of fused-ring (bicyclic) bond motifs is 1. The zero-order chi connectivity index (χ0) is 19.8. The number of benzene rings is 3. The van der Waals surface area contributed by atoms with Crippen molar-refractivity contribution in [3.05, 3.63) is 99.2 Å². The molecule has 0 unspecified atom stereocenters. The highest BCUT2D eigenvalue weighted by molar-refractivity contribution is 6.13. The molecule has 1 heterocycles. The fourth-order valence-corrected chi connectivity index (χ4v) is 3.15. The van der Waals surface area contributed by atoms with Gasteiger partial charge in [-0.25, -0.2) is 0 Å². The summed E-state index contributed by atoms with van der Waals surface area (Å²) >= 11 is 0. The summed E-state index contributed by atoms with van der Waals surface area (Å²) in [4.78, 5) is 26.5. The van der Waals surface area contributed by atoms with Crippen LogP contribution in [0.4, 0.5) is 0 Å². The van der Waals surface area contributed by atoms with Gasteiger partial charge in [-0.3, -0.25) is 9.59 Å². The lowest BCUT2D eigenvalue weighted by Gasteiger charge is -2.10. The van der Waals surface area contributed by atoms with Crippen LogP contribution in [0.25, 0.3) is 22.3 Å². The molecule has 0 aliphatic rings. The second-order valence-electron chi connectivity index (χ2n) is 6.88. The van der Waals surface area contributed by atoms with E-state index in [4.69, 9.17) is 4.42 Å². The van der Waals surface area contributed by atoms with Crippen LogP contribution in [0.5, 0.6) is 5.75 Å². The third-order valence-electron chi connectivity index (χ3n) is 4.73. The third-order valence-corrected chi connectivity index (χ3v) is 4.73. The van der Waals surface area contributed by atoms with Crippen molar-refractivity contribution in [1.29, 1.82) is 0 Å². The van der Waals surface area contributed by atoms with Gasteiger partial charge in [-0.1, -0.05) is 59.7 Å². The Morgan fingerprint density at radius 1 is 0.857 bits per heavy atom. The lowest BCUT2D eigenvalue weighted by molar-refractivity contribution is 0.103. The summed E-state index contributed by atoms with van der Waals surface area (Å²) in [5.74, 6) is -0.198. The molecular weight excluding hydrogens is 352 g/mol. The quantitative estimate of drug-likeness (QED) is 0.515. The normalized spacial score (nSPS) is 10.9. The average molecular weight is 370 g/mol. The van der Waals surface area contributed by atoms with Crippen LogP contribution in [0, 0.1) is 13.8 Å². The van der Waals surface area contributed by atoms with E-state index in [0.29, 0.717) is 11.1 Å². The number of ketones is 1. The summed E-state index contributed by atoms with van der Waals surface area (Å²) in [5, 5.41) is 10.0. The molecule has 0 aliphatic carbocycles. The molecule has 4 rings (SSSR count). The maximum Gasteiger partial charge on any atom is 0.204 e. The lowest BCUT2D eigenvalue weighted by atomic mass is 9.96. The molecule has 0 fully saturated rings. The first kappa shape index (κ1) is 17.7. The largest absolute Gasteiger partial charge is 0.508 e. The first-order valence-corrected chi connectivity index (χ1v) is 8.92. The van der Waals surface area contributed by atoms with Crippen molar-refractivity contribution in [2.45, 2.75) is 13.8 Å². The molecule has 4 nitrogen and oxygen atoms in total. The van der Waals surface area contributed by atoms with Crippen LogP contribution in [0.3, 0.4) is 0 Å². The van der Waals surface area contributed by atoms with Crippen LogP contribution in [-0.4, -0.2) is 10.9 Å². The van der Waals surface area contributed by atoms with Gasteiger partial charge in [-0.05, 0) is 26.0 Å². The van der Waals surface area contributed by atoms with Gasteiger partial charge >= 0.3 is 0 Å². The maximum absolute atomic E-state index is 13.2. The molecule has 3 aromatic carbocycles. The summed E-state index contributed by atoms with van der Waals surface area (Å²) in [6.07, 6.45) is 0. The van der Waals surface area contributed by atoms with E-state index in [9.17, 15) is 14.7 Å². The van der Waals surface area contributed by atoms with Gasteiger partial charge in [0.1, 0.15) is 22.7 Å². The van der Waals surface area contributed by atoms with Crippen molar-refractivity contribution in [1.82, 2.24) is 0 Å². The first-order chi connectivity index (χ1) is 13.4. The van der Waals surface area contributed by atoms with E-state index in [1.807, 2.05) is 50.2 Å². The smallest absolute Gasteiger partial charge is 0.204 e. The molecule has 0 aliphatic heterocycles. The highest BCUT2D eigenvalue weighted by atomic mass is 16.3. The molecule has 0 saturated carbocycles. The summed E-state index contributed by atoms with van der Waals surface area (Å²) < 4.78 is 5.97. The predicted octanol–water partition coefficient (Wildman–Crippen LogP) is 5.01. The number of phenols is 1. The van der Waals surface area contributed by atoms with Gasteiger partial charge in [0.2, 0.25) is 11.2 Å². The van der Waals surface area contributed by atoms with Gasteiger partial charge in [0.15, 0.2) is 0 Å². The molecule has 0 atom stereocenters. The Morgan fingerprint density at radius 2 is 1.46 bits per heavy atom. The minimum atomic E-state index is -0.414. The Kier molecular flexibility index (Phi) is 4.32. The standard InChI is InChI=1S/C24H18O4/c1-14-3-7-16(8-4-14)22(26)21-23(27)19-12-11-18(25)13-20(19)28-24(21)17-9-5-15(2)6-10-17/h3-13,25H,1-2H3. The fourth-order valence-electron chi connectivity index (χ4n) is 3.15. The fraction of sp³-hybridized carbons (Fsp3) is 0.0833. The Morgan fingerprint density at radius 3 is 2.11 bits per heavy atom. The van der Waals surface area contributed by atoms with Gasteiger partial charge in [-0.2, -0.15) is 0 Å². The van der Waals surface area contributed by atoms with E-state index >= 15 is 0 Å². The number of phenolic OH excluding ortho intramolecular Hbond substituents is 1. The van der Waals surface area contributed by atoms with E-state index in [0.717, 1.165) is 11.1 Å². The zero-order valence-electron chi connectivity index (χ0n) is 15.5. The van der Waals surface area contributed by atoms with Crippen molar-refractivity contribution in [2.75, 3.05) is 0 Å². The van der Waals surface area contributed by atoms with Gasteiger partial charge in [0.25, 0.3) is 0 Å². The molecule has 0 spiro atoms. The summed E-state index contributed by atoms with van der Waals surface area (Å²) in [6.45, 7) is 3.89. The number of hydrogen-bond acceptors (Lipinski definition) is 4. The van der Waals surface area contributed by atoms with Crippen LogP contribution in [-0.2, 0) is 0 Å². The minimum absolute atomic E-state index is 0.00843. The Balaban J connectivity index is 2.03. The molecule has 28 heavy (non-hydrogen) atoms. The topological polar surface area (TPSA) is 67.5 Å². The van der Waals surface area contributed by atoms with E-state index in [1.54, 1.807) is 12.1 Å². The number of rotatable bonds is 3. The van der Waals surface area contributed by atoms with E-state index in [1.165, 1.54) is 18.2 Å². The van der Waals surface area contributed by atoms with Crippen LogP contribution in [0.15, 0.2) is 75.9 Å². The molecule has 1 aromatic heterocycles. The highest BCUT2D eigenvalue weighted by Gasteiger charge is 2.23. The first-order valence-electron chi connectivity index (χ1n) is 8.92. The molecule has 1 N–H and O–H groups in total. The van der Waals surface area contributed by atoms with Crippen molar-refractivity contribution in [3.63, 3.8) is 0 Å². The third kappa shape index (κ3) is 3.09. The van der Waals surface area contributed by atoms with Crippen LogP contribution in [0.1, 0.15) is 27.0 Å². The Bertz CT molecular complexity index is 1250. The molecule has 138 valence electrons. The van der Waals surface area contributed by atoms with Crippen LogP contribution in [0.2, 0.25) is 0 Å². The maximum atomic E-state index is 13.2. The Hall–Kier alpha value is -3.66. The van der Waals surface area contributed by atoms with E-state index < -0.39 is 5.43 Å². The second-order valence-corrected chi connectivity index (χ2v) is 6.88. The molecule has 4 aromatic rings. The lowest BCUT2D eigenvalue weighted by Crippen LogP contribution is -2.18. The predicted molar refractivity (Wildman–Crippen MR) is 109 cm³/mol. The van der Waals surface area contributed by atoms with Crippen LogP contribution < -0.4 is 5.43 Å². The van der Waals surface area contributed by atoms with E-state index in [-0.39, 0.29) is 33.8 Å². The minimum Gasteiger partial charge on any atom is -0.508 e. The van der Waals surface area contributed by atoms with Crippen molar-refractivity contribution >= 4 is 16.8 Å².